The summed E-state index contributed by atoms with van der Waals surface area (Å²) in [5, 5.41) is 7.47. The molecule has 6 heteroatoms. The Kier molecular flexibility index (Phi) is 4.55. The molecular weight excluding hydrogens is 306 g/mol. The van der Waals surface area contributed by atoms with Gasteiger partial charge in [-0.25, -0.2) is 4.79 Å². The number of rotatable bonds is 3. The van der Waals surface area contributed by atoms with Gasteiger partial charge in [0.15, 0.2) is 0 Å². The molecule has 6 nitrogen and oxygen atoms in total. The van der Waals surface area contributed by atoms with Gasteiger partial charge in [-0.1, -0.05) is 0 Å². The number of hydrogen-bond acceptors (Lipinski definition) is 4. The third kappa shape index (κ3) is 3.42. The van der Waals surface area contributed by atoms with Crippen LogP contribution >= 0.6 is 0 Å². The lowest BCUT2D eigenvalue weighted by atomic mass is 9.91. The first-order chi connectivity index (χ1) is 11.4. The number of nitrogens with one attached hydrogen (secondary N) is 1. The van der Waals surface area contributed by atoms with E-state index in [1.807, 2.05) is 17.8 Å². The highest BCUT2D eigenvalue weighted by Gasteiger charge is 2.25. The van der Waals surface area contributed by atoms with Gasteiger partial charge in [0.1, 0.15) is 5.76 Å². The van der Waals surface area contributed by atoms with E-state index in [1.54, 1.807) is 13.8 Å². The van der Waals surface area contributed by atoms with E-state index in [2.05, 4.69) is 16.6 Å². The fraction of sp³-hybridized carbons (Fsp3) is 0.500. The topological polar surface area (TPSA) is 77.1 Å². The average molecular weight is 329 g/mol. The lowest BCUT2D eigenvalue weighted by molar-refractivity contribution is 0.0917. The minimum absolute atomic E-state index is 0.149. The molecule has 0 unspecified atom stereocenters. The zero-order valence-electron chi connectivity index (χ0n) is 14.3. The van der Waals surface area contributed by atoms with Crippen LogP contribution in [0.1, 0.15) is 59.0 Å². The summed E-state index contributed by atoms with van der Waals surface area (Å²) in [5.41, 5.74) is 1.87. The molecule has 1 saturated carbocycles. The van der Waals surface area contributed by atoms with E-state index >= 15 is 0 Å². The maximum atomic E-state index is 12.5. The molecule has 2 aromatic rings. The van der Waals surface area contributed by atoms with Crippen LogP contribution in [0.5, 0.6) is 0 Å². The van der Waals surface area contributed by atoms with Crippen molar-refractivity contribution in [3.8, 4) is 0 Å². The van der Waals surface area contributed by atoms with Crippen LogP contribution in [0.2, 0.25) is 0 Å². The second-order valence-corrected chi connectivity index (χ2v) is 6.66. The van der Waals surface area contributed by atoms with Crippen LogP contribution in [0.4, 0.5) is 0 Å². The molecule has 0 spiro atoms. The fourth-order valence-corrected chi connectivity index (χ4v) is 3.47. The molecule has 0 aliphatic heterocycles. The summed E-state index contributed by atoms with van der Waals surface area (Å²) in [7, 11) is 0. The summed E-state index contributed by atoms with van der Waals surface area (Å²) in [6, 6.07) is 1.92. The van der Waals surface area contributed by atoms with E-state index in [1.165, 1.54) is 11.6 Å². The number of amides is 1. The minimum Gasteiger partial charge on any atom is -0.427 e. The van der Waals surface area contributed by atoms with Gasteiger partial charge >= 0.3 is 5.63 Å². The zero-order valence-corrected chi connectivity index (χ0v) is 14.3. The molecule has 2 aromatic heterocycles. The van der Waals surface area contributed by atoms with E-state index in [0.717, 1.165) is 25.7 Å². The van der Waals surface area contributed by atoms with Crippen molar-refractivity contribution in [3.63, 3.8) is 0 Å². The first kappa shape index (κ1) is 16.5. The van der Waals surface area contributed by atoms with Crippen LogP contribution in [0.25, 0.3) is 0 Å². The van der Waals surface area contributed by atoms with Crippen LogP contribution < -0.4 is 10.9 Å². The van der Waals surface area contributed by atoms with Crippen molar-refractivity contribution in [1.29, 1.82) is 0 Å². The van der Waals surface area contributed by atoms with Gasteiger partial charge in [-0.3, -0.25) is 9.48 Å². The number of nitrogens with zero attached hydrogens (tertiary/aromatic N) is 2. The molecule has 0 atom stereocenters. The zero-order chi connectivity index (χ0) is 17.3. The molecule has 1 aliphatic rings. The maximum absolute atomic E-state index is 12.5. The van der Waals surface area contributed by atoms with E-state index < -0.39 is 5.63 Å². The lowest BCUT2D eigenvalue weighted by Gasteiger charge is -2.29. The van der Waals surface area contributed by atoms with E-state index in [-0.39, 0.29) is 11.9 Å². The Labute approximate surface area is 140 Å². The van der Waals surface area contributed by atoms with Crippen LogP contribution in [0, 0.1) is 20.8 Å². The summed E-state index contributed by atoms with van der Waals surface area (Å²) in [5.74, 6) is 0.213. The van der Waals surface area contributed by atoms with Crippen molar-refractivity contribution in [3.05, 3.63) is 51.3 Å². The summed E-state index contributed by atoms with van der Waals surface area (Å²) >= 11 is 0. The summed E-state index contributed by atoms with van der Waals surface area (Å²) < 4.78 is 7.08. The van der Waals surface area contributed by atoms with Gasteiger partial charge in [0.2, 0.25) is 0 Å². The predicted molar refractivity (Wildman–Crippen MR) is 90.2 cm³/mol. The van der Waals surface area contributed by atoms with Gasteiger partial charge in [-0.15, -0.1) is 0 Å². The second-order valence-electron chi connectivity index (χ2n) is 6.66. The maximum Gasteiger partial charge on any atom is 0.336 e. The summed E-state index contributed by atoms with van der Waals surface area (Å²) in [4.78, 5) is 23.9. The van der Waals surface area contributed by atoms with E-state index in [4.69, 9.17) is 4.42 Å². The molecule has 0 radical (unpaired) electrons. The molecule has 24 heavy (non-hydrogen) atoms. The molecule has 3 rings (SSSR count). The number of aromatic nitrogens is 2. The normalized spacial score (nSPS) is 20.8. The molecule has 1 amide bonds. The number of carbonyl (C=O) groups is 1. The van der Waals surface area contributed by atoms with E-state index in [0.29, 0.717) is 22.9 Å². The van der Waals surface area contributed by atoms with Crippen LogP contribution in [0.3, 0.4) is 0 Å². The minimum atomic E-state index is -0.420. The molecule has 2 heterocycles. The number of carbonyl (C=O) groups excluding carboxylic acids is 1. The molecule has 0 aromatic carbocycles. The van der Waals surface area contributed by atoms with Crippen LogP contribution in [0.15, 0.2) is 27.7 Å². The smallest absolute Gasteiger partial charge is 0.336 e. The van der Waals surface area contributed by atoms with Crippen molar-refractivity contribution in [2.45, 2.75) is 58.5 Å². The first-order valence-corrected chi connectivity index (χ1v) is 8.37. The van der Waals surface area contributed by atoms with Crippen molar-refractivity contribution in [1.82, 2.24) is 15.1 Å². The van der Waals surface area contributed by atoms with Gasteiger partial charge in [0.25, 0.3) is 5.91 Å². The Morgan fingerprint density at radius 1 is 1.25 bits per heavy atom. The first-order valence-electron chi connectivity index (χ1n) is 8.37. The van der Waals surface area contributed by atoms with Gasteiger partial charge in [-0.2, -0.15) is 5.10 Å². The lowest BCUT2D eigenvalue weighted by Crippen LogP contribution is -2.38. The monoisotopic (exact) mass is 329 g/mol. The number of hydrogen-bond donors (Lipinski definition) is 1. The highest BCUT2D eigenvalue weighted by molar-refractivity contribution is 5.96. The Hall–Kier alpha value is -2.37. The van der Waals surface area contributed by atoms with Gasteiger partial charge in [0, 0.05) is 18.3 Å². The van der Waals surface area contributed by atoms with Crippen molar-refractivity contribution >= 4 is 5.91 Å². The number of aryl methyl sites for hydroxylation is 3. The Balaban J connectivity index is 1.62. The van der Waals surface area contributed by atoms with Gasteiger partial charge < -0.3 is 9.73 Å². The molecule has 0 saturated heterocycles. The van der Waals surface area contributed by atoms with Crippen molar-refractivity contribution < 1.29 is 9.21 Å². The predicted octanol–water partition coefficient (Wildman–Crippen LogP) is 2.68. The van der Waals surface area contributed by atoms with Crippen LogP contribution in [-0.4, -0.2) is 21.7 Å². The highest BCUT2D eigenvalue weighted by atomic mass is 16.4. The Morgan fingerprint density at radius 2 is 1.96 bits per heavy atom. The summed E-state index contributed by atoms with van der Waals surface area (Å²) in [6.07, 6.45) is 7.78. The van der Waals surface area contributed by atoms with E-state index in [9.17, 15) is 9.59 Å². The highest BCUT2D eigenvalue weighted by Crippen LogP contribution is 2.28. The fourth-order valence-electron chi connectivity index (χ4n) is 3.47. The third-order valence-electron chi connectivity index (χ3n) is 4.70. The molecule has 0 bridgehead atoms. The SMILES string of the molecule is Cc1cnn(C2CCC(NC(=O)c3c(C)cc(=O)oc3C)CC2)c1. The largest absolute Gasteiger partial charge is 0.427 e. The van der Waals surface area contributed by atoms with Crippen molar-refractivity contribution in [2.75, 3.05) is 0 Å². The van der Waals surface area contributed by atoms with Gasteiger partial charge in [0.05, 0.1) is 17.8 Å². The molecule has 1 aliphatic carbocycles. The molecular formula is C18H23N3O3. The van der Waals surface area contributed by atoms with Crippen molar-refractivity contribution in [2.24, 2.45) is 0 Å². The second kappa shape index (κ2) is 6.63. The molecule has 1 fully saturated rings. The van der Waals surface area contributed by atoms with Crippen LogP contribution in [-0.2, 0) is 0 Å². The Bertz CT molecular complexity index is 772. The quantitative estimate of drug-likeness (QED) is 0.939. The molecule has 1 N–H and O–H groups in total. The average Bonchev–Trinajstić information content (AvgIpc) is 2.93. The standard InChI is InChI=1S/C18H23N3O3/c1-11-9-19-21(10-11)15-6-4-14(5-7-15)20-18(23)17-12(2)8-16(22)24-13(17)3/h8-10,14-15H,4-7H2,1-3H3,(H,20,23). The third-order valence-corrected chi connectivity index (χ3v) is 4.70. The molecule has 128 valence electrons. The Morgan fingerprint density at radius 3 is 2.54 bits per heavy atom. The van der Waals surface area contributed by atoms with Gasteiger partial charge in [-0.05, 0) is 57.6 Å². The summed E-state index contributed by atoms with van der Waals surface area (Å²) in [6.45, 7) is 5.45.